The van der Waals surface area contributed by atoms with Gasteiger partial charge < -0.3 is 5.32 Å². The van der Waals surface area contributed by atoms with Gasteiger partial charge in [-0.05, 0) is 36.4 Å². The molecule has 2 aliphatic rings. The first-order valence-electron chi connectivity index (χ1n) is 9.65. The summed E-state index contributed by atoms with van der Waals surface area (Å²) in [7, 11) is 0. The molecule has 0 saturated heterocycles. The van der Waals surface area contributed by atoms with E-state index in [1.807, 2.05) is 0 Å². The molecule has 0 aliphatic carbocycles. The van der Waals surface area contributed by atoms with E-state index < -0.39 is 36.1 Å². The maximum Gasteiger partial charge on any atom is 0.269 e. The Hall–Kier alpha value is -4.66. The van der Waals surface area contributed by atoms with Gasteiger partial charge in [0.2, 0.25) is 5.91 Å². The molecule has 0 atom stereocenters. The third kappa shape index (κ3) is 2.87. The first-order chi connectivity index (χ1) is 15.5. The molecule has 0 spiro atoms. The molecule has 156 valence electrons. The Bertz CT molecular complexity index is 1300. The van der Waals surface area contributed by atoms with Crippen molar-refractivity contribution in [2.45, 2.75) is 0 Å². The number of amides is 5. The van der Waals surface area contributed by atoms with Crippen molar-refractivity contribution < 1.29 is 24.0 Å². The molecule has 0 unspecified atom stereocenters. The summed E-state index contributed by atoms with van der Waals surface area (Å²) in [6.45, 7) is -0.526. The summed E-state index contributed by atoms with van der Waals surface area (Å²) in [4.78, 5) is 69.3. The van der Waals surface area contributed by atoms with Crippen molar-refractivity contribution in [3.8, 4) is 0 Å². The molecular formula is C23H14N4O5. The zero-order valence-corrected chi connectivity index (χ0v) is 16.4. The van der Waals surface area contributed by atoms with Crippen LogP contribution >= 0.6 is 0 Å². The van der Waals surface area contributed by atoms with Crippen LogP contribution in [-0.2, 0) is 4.79 Å². The third-order valence-corrected chi connectivity index (χ3v) is 5.25. The standard InChI is InChI=1S/C23H14N4O5/c28-18(12-26-20(29)13-6-1-2-7-14(13)21(26)30)25-16-9-5-8-15-19(16)23(32)27(22(15)31)17-10-3-4-11-24-17/h1-11H,12H2,(H,25,28). The largest absolute Gasteiger partial charge is 0.324 e. The Morgan fingerprint density at radius 3 is 2.06 bits per heavy atom. The molecule has 32 heavy (non-hydrogen) atoms. The highest BCUT2D eigenvalue weighted by atomic mass is 16.2. The Balaban J connectivity index is 1.39. The number of anilines is 2. The second-order valence-corrected chi connectivity index (χ2v) is 7.15. The normalized spacial score (nSPS) is 14.6. The molecule has 9 heteroatoms. The monoisotopic (exact) mass is 426 g/mol. The van der Waals surface area contributed by atoms with Gasteiger partial charge in [0, 0.05) is 6.20 Å². The summed E-state index contributed by atoms with van der Waals surface area (Å²) in [6.07, 6.45) is 1.46. The lowest BCUT2D eigenvalue weighted by Gasteiger charge is -2.15. The highest BCUT2D eigenvalue weighted by Gasteiger charge is 2.40. The molecule has 2 aromatic carbocycles. The van der Waals surface area contributed by atoms with E-state index in [-0.39, 0.29) is 33.8 Å². The number of carbonyl (C=O) groups excluding carboxylic acids is 5. The van der Waals surface area contributed by atoms with Crippen LogP contribution < -0.4 is 10.2 Å². The number of rotatable bonds is 4. The van der Waals surface area contributed by atoms with Crippen LogP contribution in [0.25, 0.3) is 0 Å². The van der Waals surface area contributed by atoms with Crippen LogP contribution in [0.1, 0.15) is 41.4 Å². The summed E-state index contributed by atoms with van der Waals surface area (Å²) < 4.78 is 0. The van der Waals surface area contributed by atoms with Crippen LogP contribution in [0.5, 0.6) is 0 Å². The highest BCUT2D eigenvalue weighted by molar-refractivity contribution is 6.36. The topological polar surface area (TPSA) is 117 Å². The maximum absolute atomic E-state index is 13.0. The summed E-state index contributed by atoms with van der Waals surface area (Å²) in [5, 5.41) is 2.55. The highest BCUT2D eigenvalue weighted by Crippen LogP contribution is 2.32. The number of carbonyl (C=O) groups is 5. The number of imide groups is 2. The lowest BCUT2D eigenvalue weighted by atomic mass is 10.1. The number of nitrogens with one attached hydrogen (secondary N) is 1. The van der Waals surface area contributed by atoms with E-state index in [1.165, 1.54) is 42.6 Å². The van der Waals surface area contributed by atoms with E-state index in [2.05, 4.69) is 10.3 Å². The molecule has 0 radical (unpaired) electrons. The number of hydrogen-bond acceptors (Lipinski definition) is 6. The molecule has 2 aliphatic heterocycles. The zero-order chi connectivity index (χ0) is 22.4. The second-order valence-electron chi connectivity index (χ2n) is 7.15. The van der Waals surface area contributed by atoms with Crippen molar-refractivity contribution in [1.29, 1.82) is 0 Å². The van der Waals surface area contributed by atoms with Crippen molar-refractivity contribution in [3.63, 3.8) is 0 Å². The summed E-state index contributed by atoms with van der Waals surface area (Å²) in [5.41, 5.74) is 0.731. The number of pyridine rings is 1. The molecule has 3 heterocycles. The molecule has 9 nitrogen and oxygen atoms in total. The van der Waals surface area contributed by atoms with Crippen LogP contribution in [-0.4, -0.2) is 46.0 Å². The number of aromatic nitrogens is 1. The van der Waals surface area contributed by atoms with Crippen LogP contribution in [0.2, 0.25) is 0 Å². The van der Waals surface area contributed by atoms with E-state index in [9.17, 15) is 24.0 Å². The van der Waals surface area contributed by atoms with Gasteiger partial charge in [0.25, 0.3) is 23.6 Å². The summed E-state index contributed by atoms with van der Waals surface area (Å²) in [5.74, 6) is -2.81. The average molecular weight is 426 g/mol. The minimum Gasteiger partial charge on any atom is -0.324 e. The van der Waals surface area contributed by atoms with E-state index >= 15 is 0 Å². The van der Waals surface area contributed by atoms with Crippen molar-refractivity contribution in [2.75, 3.05) is 16.8 Å². The van der Waals surface area contributed by atoms with Gasteiger partial charge in [0.15, 0.2) is 0 Å². The van der Waals surface area contributed by atoms with Crippen molar-refractivity contribution in [2.24, 2.45) is 0 Å². The van der Waals surface area contributed by atoms with Crippen LogP contribution in [0.4, 0.5) is 11.5 Å². The van der Waals surface area contributed by atoms with E-state index in [4.69, 9.17) is 0 Å². The fourth-order valence-corrected chi connectivity index (χ4v) is 3.80. The number of nitrogens with zero attached hydrogens (tertiary/aromatic N) is 3. The average Bonchev–Trinajstić information content (AvgIpc) is 3.20. The number of fused-ring (bicyclic) bond motifs is 2. The van der Waals surface area contributed by atoms with Gasteiger partial charge in [-0.1, -0.05) is 24.3 Å². The molecule has 0 bridgehead atoms. The van der Waals surface area contributed by atoms with Gasteiger partial charge in [-0.15, -0.1) is 0 Å². The Kier molecular flexibility index (Phi) is 4.37. The predicted molar refractivity (Wildman–Crippen MR) is 112 cm³/mol. The minimum atomic E-state index is -0.676. The Morgan fingerprint density at radius 2 is 1.41 bits per heavy atom. The smallest absolute Gasteiger partial charge is 0.269 e. The predicted octanol–water partition coefficient (Wildman–Crippen LogP) is 2.12. The molecule has 1 aromatic heterocycles. The Labute approximate surface area is 181 Å². The van der Waals surface area contributed by atoms with Gasteiger partial charge in [-0.3, -0.25) is 28.9 Å². The first-order valence-corrected chi connectivity index (χ1v) is 9.65. The molecular weight excluding hydrogens is 412 g/mol. The van der Waals surface area contributed by atoms with Crippen LogP contribution in [0.3, 0.4) is 0 Å². The van der Waals surface area contributed by atoms with Gasteiger partial charge in [0.05, 0.1) is 27.9 Å². The molecule has 3 aromatic rings. The summed E-state index contributed by atoms with van der Waals surface area (Å²) >= 11 is 0. The SMILES string of the molecule is O=C(CN1C(=O)c2ccccc2C1=O)Nc1cccc2c1C(=O)N(c1ccccn1)C2=O. The van der Waals surface area contributed by atoms with Gasteiger partial charge in [-0.25, -0.2) is 9.88 Å². The molecule has 5 amide bonds. The first kappa shape index (κ1) is 19.3. The maximum atomic E-state index is 13.0. The van der Waals surface area contributed by atoms with Crippen molar-refractivity contribution >= 4 is 41.0 Å². The van der Waals surface area contributed by atoms with E-state index in [1.54, 1.807) is 24.3 Å². The van der Waals surface area contributed by atoms with Crippen LogP contribution in [0, 0.1) is 0 Å². The third-order valence-electron chi connectivity index (χ3n) is 5.25. The fraction of sp³-hybridized carbons (Fsp3) is 0.0435. The van der Waals surface area contributed by atoms with E-state index in [0.29, 0.717) is 0 Å². The van der Waals surface area contributed by atoms with Crippen LogP contribution in [0.15, 0.2) is 66.9 Å². The fourth-order valence-electron chi connectivity index (χ4n) is 3.80. The van der Waals surface area contributed by atoms with Crippen molar-refractivity contribution in [1.82, 2.24) is 9.88 Å². The van der Waals surface area contributed by atoms with Gasteiger partial charge >= 0.3 is 0 Å². The molecule has 5 rings (SSSR count). The lowest BCUT2D eigenvalue weighted by Crippen LogP contribution is -2.37. The molecule has 1 N–H and O–H groups in total. The second kappa shape index (κ2) is 7.24. The number of benzene rings is 2. The lowest BCUT2D eigenvalue weighted by molar-refractivity contribution is -0.116. The molecule has 0 saturated carbocycles. The Morgan fingerprint density at radius 1 is 0.750 bits per heavy atom. The van der Waals surface area contributed by atoms with Crippen molar-refractivity contribution in [3.05, 3.63) is 89.1 Å². The minimum absolute atomic E-state index is 0.0267. The quantitative estimate of drug-likeness (QED) is 0.639. The number of hydrogen-bond donors (Lipinski definition) is 1. The summed E-state index contributed by atoms with van der Waals surface area (Å²) in [6, 6.07) is 15.6. The molecule has 0 fully saturated rings. The zero-order valence-electron chi connectivity index (χ0n) is 16.4. The van der Waals surface area contributed by atoms with Gasteiger partial charge in [-0.2, -0.15) is 0 Å². The van der Waals surface area contributed by atoms with Gasteiger partial charge in [0.1, 0.15) is 12.4 Å². The van der Waals surface area contributed by atoms with E-state index in [0.717, 1.165) is 9.80 Å².